The topological polar surface area (TPSA) is 86.8 Å². The van der Waals surface area contributed by atoms with E-state index in [2.05, 4.69) is 9.71 Å². The number of fused-ring (bicyclic) bond motifs is 1. The zero-order chi connectivity index (χ0) is 22.9. The van der Waals surface area contributed by atoms with Crippen molar-refractivity contribution in [3.63, 3.8) is 0 Å². The van der Waals surface area contributed by atoms with Crippen LogP contribution >= 0.6 is 22.9 Å². The Labute approximate surface area is 194 Å². The number of rotatable bonds is 7. The molecule has 0 aliphatic rings. The highest BCUT2D eigenvalue weighted by Gasteiger charge is 2.21. The first-order valence-electron chi connectivity index (χ1n) is 9.34. The van der Waals surface area contributed by atoms with Gasteiger partial charge >= 0.3 is 0 Å². The maximum atomic E-state index is 13.0. The van der Waals surface area contributed by atoms with Gasteiger partial charge in [0, 0.05) is 11.6 Å². The Morgan fingerprint density at radius 1 is 0.906 bits per heavy atom. The molecule has 7 nitrogen and oxygen atoms in total. The van der Waals surface area contributed by atoms with Crippen molar-refractivity contribution in [3.8, 4) is 27.8 Å². The lowest BCUT2D eigenvalue weighted by Gasteiger charge is -2.13. The number of hydrogen-bond acceptors (Lipinski definition) is 7. The average Bonchev–Trinajstić information content (AvgIpc) is 3.21. The van der Waals surface area contributed by atoms with Crippen LogP contribution in [-0.4, -0.2) is 34.7 Å². The van der Waals surface area contributed by atoms with Crippen LogP contribution < -0.4 is 18.9 Å². The molecule has 0 aliphatic carbocycles. The first kappa shape index (κ1) is 22.2. The molecule has 0 aliphatic heterocycles. The van der Waals surface area contributed by atoms with Crippen molar-refractivity contribution < 1.29 is 22.6 Å². The van der Waals surface area contributed by atoms with Crippen LogP contribution in [0.1, 0.15) is 0 Å². The third-order valence-electron chi connectivity index (χ3n) is 4.71. The molecular weight excluding hydrogens is 472 g/mol. The SMILES string of the molecule is COc1ccc(OC)c(S(=O)(=O)Nc2ccc(-c3nc4ccc(OC)cc4s3)c(Cl)c2)c1. The van der Waals surface area contributed by atoms with Crippen LogP contribution in [0.2, 0.25) is 5.02 Å². The van der Waals surface area contributed by atoms with Crippen molar-refractivity contribution in [3.05, 3.63) is 59.6 Å². The van der Waals surface area contributed by atoms with Gasteiger partial charge in [-0.05, 0) is 48.5 Å². The van der Waals surface area contributed by atoms with Crippen molar-refractivity contribution in [1.29, 1.82) is 0 Å². The summed E-state index contributed by atoms with van der Waals surface area (Å²) in [7, 11) is 0.524. The minimum atomic E-state index is -3.95. The molecule has 0 saturated carbocycles. The van der Waals surface area contributed by atoms with Crippen molar-refractivity contribution in [2.75, 3.05) is 26.1 Å². The van der Waals surface area contributed by atoms with E-state index in [1.165, 1.54) is 37.7 Å². The number of sulfonamides is 1. The minimum absolute atomic E-state index is 0.0420. The van der Waals surface area contributed by atoms with Crippen molar-refractivity contribution >= 4 is 48.9 Å². The van der Waals surface area contributed by atoms with Crippen LogP contribution in [0.15, 0.2) is 59.5 Å². The number of thiazole rings is 1. The molecule has 3 aromatic carbocycles. The Kier molecular flexibility index (Phi) is 6.14. The van der Waals surface area contributed by atoms with E-state index in [1.807, 2.05) is 18.2 Å². The van der Waals surface area contributed by atoms with E-state index in [9.17, 15) is 8.42 Å². The highest BCUT2D eigenvalue weighted by molar-refractivity contribution is 7.92. The predicted octanol–water partition coefficient (Wildman–Crippen LogP) is 5.44. The molecule has 0 unspecified atom stereocenters. The Bertz CT molecular complexity index is 1400. The summed E-state index contributed by atoms with van der Waals surface area (Å²) in [6.07, 6.45) is 0. The summed E-state index contributed by atoms with van der Waals surface area (Å²) >= 11 is 7.97. The molecule has 4 aromatic rings. The first-order valence-corrected chi connectivity index (χ1v) is 12.0. The van der Waals surface area contributed by atoms with Gasteiger partial charge in [-0.25, -0.2) is 13.4 Å². The second-order valence-electron chi connectivity index (χ2n) is 6.67. The zero-order valence-electron chi connectivity index (χ0n) is 17.4. The highest BCUT2D eigenvalue weighted by atomic mass is 35.5. The number of benzene rings is 3. The lowest BCUT2D eigenvalue weighted by molar-refractivity contribution is 0.392. The van der Waals surface area contributed by atoms with Crippen LogP contribution in [0.4, 0.5) is 5.69 Å². The summed E-state index contributed by atoms with van der Waals surface area (Å²) in [4.78, 5) is 4.58. The Morgan fingerprint density at radius 2 is 1.62 bits per heavy atom. The summed E-state index contributed by atoms with van der Waals surface area (Å²) in [6.45, 7) is 0. The van der Waals surface area contributed by atoms with E-state index in [-0.39, 0.29) is 10.6 Å². The molecule has 10 heteroatoms. The number of aromatic nitrogens is 1. The largest absolute Gasteiger partial charge is 0.497 e. The summed E-state index contributed by atoms with van der Waals surface area (Å²) < 4.78 is 45.1. The standard InChI is InChI=1S/C22H19ClN2O5S2/c1-28-14-5-8-18-20(11-14)31-22(24-18)16-7-4-13(10-17(16)23)25-32(26,27)21-12-15(29-2)6-9-19(21)30-3/h4-12,25H,1-3H3. The van der Waals surface area contributed by atoms with E-state index >= 15 is 0 Å². The molecule has 32 heavy (non-hydrogen) atoms. The zero-order valence-corrected chi connectivity index (χ0v) is 19.8. The number of halogens is 1. The van der Waals surface area contributed by atoms with Crippen LogP contribution in [0.25, 0.3) is 20.8 Å². The van der Waals surface area contributed by atoms with Gasteiger partial charge in [0.15, 0.2) is 0 Å². The number of nitrogens with zero attached hydrogens (tertiary/aromatic N) is 1. The van der Waals surface area contributed by atoms with Crippen molar-refractivity contribution in [2.45, 2.75) is 4.90 Å². The third-order valence-corrected chi connectivity index (χ3v) is 7.47. The van der Waals surface area contributed by atoms with Gasteiger partial charge in [-0.1, -0.05) is 11.6 Å². The van der Waals surface area contributed by atoms with Gasteiger partial charge in [0.1, 0.15) is 27.2 Å². The molecule has 0 bridgehead atoms. The van der Waals surface area contributed by atoms with Crippen LogP contribution in [-0.2, 0) is 10.0 Å². The first-order chi connectivity index (χ1) is 15.3. The van der Waals surface area contributed by atoms with E-state index in [0.29, 0.717) is 22.0 Å². The summed E-state index contributed by atoms with van der Waals surface area (Å²) in [5, 5.41) is 1.09. The Morgan fingerprint density at radius 3 is 2.31 bits per heavy atom. The van der Waals surface area contributed by atoms with E-state index in [4.69, 9.17) is 25.8 Å². The normalized spacial score (nSPS) is 11.4. The molecule has 0 radical (unpaired) electrons. The fraction of sp³-hybridized carbons (Fsp3) is 0.136. The number of hydrogen-bond donors (Lipinski definition) is 1. The monoisotopic (exact) mass is 490 g/mol. The molecule has 1 N–H and O–H groups in total. The fourth-order valence-corrected chi connectivity index (χ4v) is 5.70. The predicted molar refractivity (Wildman–Crippen MR) is 127 cm³/mol. The molecule has 0 amide bonds. The molecular formula is C22H19ClN2O5S2. The van der Waals surface area contributed by atoms with Gasteiger partial charge in [0.2, 0.25) is 0 Å². The number of anilines is 1. The van der Waals surface area contributed by atoms with Crippen LogP contribution in [0.3, 0.4) is 0 Å². The lowest BCUT2D eigenvalue weighted by atomic mass is 10.2. The molecule has 0 atom stereocenters. The minimum Gasteiger partial charge on any atom is -0.497 e. The van der Waals surface area contributed by atoms with Gasteiger partial charge in [0.05, 0.1) is 42.3 Å². The summed E-state index contributed by atoms with van der Waals surface area (Å²) in [5.41, 5.74) is 1.84. The number of methoxy groups -OCH3 is 3. The van der Waals surface area contributed by atoms with E-state index < -0.39 is 10.0 Å². The smallest absolute Gasteiger partial charge is 0.265 e. The van der Waals surface area contributed by atoms with Gasteiger partial charge < -0.3 is 14.2 Å². The maximum absolute atomic E-state index is 13.0. The van der Waals surface area contributed by atoms with Crippen molar-refractivity contribution in [1.82, 2.24) is 4.98 Å². The van der Waals surface area contributed by atoms with Gasteiger partial charge in [-0.3, -0.25) is 4.72 Å². The number of nitrogens with one attached hydrogen (secondary N) is 1. The average molecular weight is 491 g/mol. The van der Waals surface area contributed by atoms with E-state index in [0.717, 1.165) is 21.0 Å². The second-order valence-corrected chi connectivity index (χ2v) is 9.76. The Hall–Kier alpha value is -3.01. The maximum Gasteiger partial charge on any atom is 0.265 e. The molecule has 4 rings (SSSR count). The lowest BCUT2D eigenvalue weighted by Crippen LogP contribution is -2.14. The Balaban J connectivity index is 1.65. The summed E-state index contributed by atoms with van der Waals surface area (Å²) in [5.74, 6) is 1.34. The molecule has 1 aromatic heterocycles. The van der Waals surface area contributed by atoms with E-state index in [1.54, 1.807) is 31.4 Å². The highest BCUT2D eigenvalue weighted by Crippen LogP contribution is 2.37. The van der Waals surface area contributed by atoms with Crippen LogP contribution in [0.5, 0.6) is 17.2 Å². The third kappa shape index (κ3) is 4.32. The van der Waals surface area contributed by atoms with Gasteiger partial charge in [0.25, 0.3) is 10.0 Å². The molecule has 0 saturated heterocycles. The quantitative estimate of drug-likeness (QED) is 0.371. The number of ether oxygens (including phenoxy) is 3. The van der Waals surface area contributed by atoms with Gasteiger partial charge in [-0.2, -0.15) is 0 Å². The molecule has 0 fully saturated rings. The van der Waals surface area contributed by atoms with Gasteiger partial charge in [-0.15, -0.1) is 11.3 Å². The molecule has 1 heterocycles. The molecule has 166 valence electrons. The van der Waals surface area contributed by atoms with Crippen LogP contribution in [0, 0.1) is 0 Å². The second kappa shape index (κ2) is 8.85. The fourth-order valence-electron chi connectivity index (χ4n) is 3.10. The van der Waals surface area contributed by atoms with Crippen molar-refractivity contribution in [2.24, 2.45) is 0 Å². The molecule has 0 spiro atoms. The summed E-state index contributed by atoms with van der Waals surface area (Å²) in [6, 6.07) is 15.1.